The molecule has 0 spiro atoms. The number of aromatic nitrogens is 2. The van der Waals surface area contributed by atoms with Gasteiger partial charge in [0.05, 0.1) is 5.69 Å². The fraction of sp³-hybridized carbons (Fsp3) is 0.412. The molecule has 1 amide bonds. The fourth-order valence-corrected chi connectivity index (χ4v) is 2.09. The largest absolute Gasteiger partial charge is 0.326 e. The molecule has 2 rings (SSSR count). The Balaban J connectivity index is 2.27. The summed E-state index contributed by atoms with van der Waals surface area (Å²) in [5, 5.41) is 7.04. The van der Waals surface area contributed by atoms with Crippen molar-refractivity contribution in [2.24, 2.45) is 5.41 Å². The molecular weight excluding hydrogens is 281 g/mol. The van der Waals surface area contributed by atoms with Gasteiger partial charge < -0.3 is 5.32 Å². The highest BCUT2D eigenvalue weighted by molar-refractivity contribution is 5.94. The molecule has 0 fully saturated rings. The van der Waals surface area contributed by atoms with Gasteiger partial charge in [-0.25, -0.2) is 9.07 Å². The summed E-state index contributed by atoms with van der Waals surface area (Å²) in [7, 11) is 0. The molecule has 0 atom stereocenters. The second kappa shape index (κ2) is 5.91. The first kappa shape index (κ1) is 16.2. The number of halogens is 1. The number of hydrogen-bond donors (Lipinski definition) is 1. The topological polar surface area (TPSA) is 46.9 Å². The molecule has 0 aliphatic rings. The first-order valence-electron chi connectivity index (χ1n) is 7.39. The summed E-state index contributed by atoms with van der Waals surface area (Å²) in [5.41, 5.74) is 2.04. The van der Waals surface area contributed by atoms with E-state index in [-0.39, 0.29) is 5.91 Å². The van der Waals surface area contributed by atoms with Crippen molar-refractivity contribution >= 4 is 11.6 Å². The molecule has 1 heterocycles. The van der Waals surface area contributed by atoms with Crippen LogP contribution in [0.25, 0.3) is 5.69 Å². The Morgan fingerprint density at radius 2 is 2.00 bits per heavy atom. The maximum Gasteiger partial charge on any atom is 0.230 e. The first-order chi connectivity index (χ1) is 10.2. The van der Waals surface area contributed by atoms with E-state index in [4.69, 9.17) is 0 Å². The SMILES string of the molecule is CCC(C)(C)C(=O)Nc1ccc(-n2nc(C)cc2C)c(F)c1. The van der Waals surface area contributed by atoms with E-state index in [0.29, 0.717) is 17.8 Å². The molecule has 2 aromatic rings. The van der Waals surface area contributed by atoms with E-state index in [1.54, 1.807) is 16.8 Å². The molecule has 1 aromatic carbocycles. The molecule has 0 aliphatic heterocycles. The van der Waals surface area contributed by atoms with Gasteiger partial charge in [0.2, 0.25) is 5.91 Å². The number of carbonyl (C=O) groups is 1. The maximum absolute atomic E-state index is 14.3. The Morgan fingerprint density at radius 3 is 2.50 bits per heavy atom. The van der Waals surface area contributed by atoms with Crippen LogP contribution in [0, 0.1) is 25.1 Å². The highest BCUT2D eigenvalue weighted by Gasteiger charge is 2.25. The van der Waals surface area contributed by atoms with Gasteiger partial charge in [-0.3, -0.25) is 4.79 Å². The van der Waals surface area contributed by atoms with Crippen molar-refractivity contribution in [3.63, 3.8) is 0 Å². The summed E-state index contributed by atoms with van der Waals surface area (Å²) >= 11 is 0. The van der Waals surface area contributed by atoms with Crippen LogP contribution in [0.15, 0.2) is 24.3 Å². The molecule has 22 heavy (non-hydrogen) atoms. The first-order valence-corrected chi connectivity index (χ1v) is 7.39. The number of nitrogens with zero attached hydrogens (tertiary/aromatic N) is 2. The fourth-order valence-electron chi connectivity index (χ4n) is 2.09. The van der Waals surface area contributed by atoms with Crippen LogP contribution in [0.1, 0.15) is 38.6 Å². The number of benzene rings is 1. The number of carbonyl (C=O) groups excluding carboxylic acids is 1. The van der Waals surface area contributed by atoms with Gasteiger partial charge in [-0.1, -0.05) is 20.8 Å². The Kier molecular flexibility index (Phi) is 4.35. The summed E-state index contributed by atoms with van der Waals surface area (Å²) in [6, 6.07) is 6.54. The lowest BCUT2D eigenvalue weighted by molar-refractivity contribution is -0.124. The summed E-state index contributed by atoms with van der Waals surface area (Å²) in [6.45, 7) is 9.42. The van der Waals surface area contributed by atoms with Crippen molar-refractivity contribution in [1.82, 2.24) is 9.78 Å². The lowest BCUT2D eigenvalue weighted by Gasteiger charge is -2.21. The van der Waals surface area contributed by atoms with E-state index in [0.717, 1.165) is 11.4 Å². The quantitative estimate of drug-likeness (QED) is 0.928. The van der Waals surface area contributed by atoms with E-state index in [1.165, 1.54) is 6.07 Å². The highest BCUT2D eigenvalue weighted by Crippen LogP contribution is 2.24. The molecule has 1 N–H and O–H groups in total. The Hall–Kier alpha value is -2.17. The van der Waals surface area contributed by atoms with E-state index in [2.05, 4.69) is 10.4 Å². The molecule has 0 bridgehead atoms. The predicted octanol–water partition coefficient (Wildman–Crippen LogP) is 4.00. The van der Waals surface area contributed by atoms with Crippen LogP contribution in [0.4, 0.5) is 10.1 Å². The minimum atomic E-state index is -0.481. The van der Waals surface area contributed by atoms with Gasteiger partial charge in [0, 0.05) is 16.8 Å². The molecule has 1 aromatic heterocycles. The van der Waals surface area contributed by atoms with E-state index < -0.39 is 11.2 Å². The maximum atomic E-state index is 14.3. The van der Waals surface area contributed by atoms with Gasteiger partial charge in [-0.15, -0.1) is 0 Å². The van der Waals surface area contributed by atoms with Crippen molar-refractivity contribution in [3.05, 3.63) is 41.5 Å². The van der Waals surface area contributed by atoms with Crippen LogP contribution < -0.4 is 5.32 Å². The number of amides is 1. The zero-order valence-corrected chi connectivity index (χ0v) is 13.7. The molecular formula is C17H22FN3O. The zero-order chi connectivity index (χ0) is 16.5. The van der Waals surface area contributed by atoms with Gasteiger partial charge in [-0.05, 0) is 44.5 Å². The minimum absolute atomic E-state index is 0.117. The van der Waals surface area contributed by atoms with Crippen molar-refractivity contribution in [2.45, 2.75) is 41.0 Å². The minimum Gasteiger partial charge on any atom is -0.326 e. The van der Waals surface area contributed by atoms with Crippen LogP contribution in [-0.4, -0.2) is 15.7 Å². The smallest absolute Gasteiger partial charge is 0.230 e. The summed E-state index contributed by atoms with van der Waals surface area (Å²) in [4.78, 5) is 12.1. The molecule has 118 valence electrons. The number of hydrogen-bond acceptors (Lipinski definition) is 2. The average molecular weight is 303 g/mol. The molecule has 0 saturated heterocycles. The molecule has 0 aliphatic carbocycles. The Morgan fingerprint density at radius 1 is 1.32 bits per heavy atom. The van der Waals surface area contributed by atoms with Crippen LogP contribution in [0.5, 0.6) is 0 Å². The molecule has 0 radical (unpaired) electrons. The third-order valence-electron chi connectivity index (χ3n) is 3.94. The normalized spacial score (nSPS) is 11.5. The summed E-state index contributed by atoms with van der Waals surface area (Å²) in [5.74, 6) is -0.536. The second-order valence-electron chi connectivity index (χ2n) is 6.20. The molecule has 0 unspecified atom stereocenters. The van der Waals surface area contributed by atoms with E-state index in [9.17, 15) is 9.18 Å². The van der Waals surface area contributed by atoms with Crippen molar-refractivity contribution in [1.29, 1.82) is 0 Å². The van der Waals surface area contributed by atoms with Crippen molar-refractivity contribution < 1.29 is 9.18 Å². The lowest BCUT2D eigenvalue weighted by atomic mass is 9.89. The lowest BCUT2D eigenvalue weighted by Crippen LogP contribution is -2.30. The van der Waals surface area contributed by atoms with Crippen LogP contribution >= 0.6 is 0 Å². The Labute approximate surface area is 130 Å². The number of anilines is 1. The van der Waals surface area contributed by atoms with Gasteiger partial charge in [0.15, 0.2) is 5.82 Å². The third-order valence-corrected chi connectivity index (χ3v) is 3.94. The van der Waals surface area contributed by atoms with Gasteiger partial charge in [-0.2, -0.15) is 5.10 Å². The van der Waals surface area contributed by atoms with E-state index in [1.807, 2.05) is 40.7 Å². The number of aryl methyl sites for hydroxylation is 2. The number of nitrogens with one attached hydrogen (secondary N) is 1. The molecule has 4 nitrogen and oxygen atoms in total. The zero-order valence-electron chi connectivity index (χ0n) is 13.7. The standard InChI is InChI=1S/C17H22FN3O/c1-6-17(4,5)16(22)19-13-7-8-15(14(18)10-13)21-12(3)9-11(2)20-21/h7-10H,6H2,1-5H3,(H,19,22). The monoisotopic (exact) mass is 303 g/mol. The number of rotatable bonds is 4. The van der Waals surface area contributed by atoms with Gasteiger partial charge in [0.1, 0.15) is 5.69 Å². The summed E-state index contributed by atoms with van der Waals surface area (Å²) in [6.07, 6.45) is 0.713. The molecule has 0 saturated carbocycles. The van der Waals surface area contributed by atoms with Crippen LogP contribution in [-0.2, 0) is 4.79 Å². The van der Waals surface area contributed by atoms with Crippen molar-refractivity contribution in [2.75, 3.05) is 5.32 Å². The van der Waals surface area contributed by atoms with Gasteiger partial charge >= 0.3 is 0 Å². The van der Waals surface area contributed by atoms with Crippen molar-refractivity contribution in [3.8, 4) is 5.69 Å². The Bertz CT molecular complexity index is 704. The van der Waals surface area contributed by atoms with Crippen LogP contribution in [0.2, 0.25) is 0 Å². The van der Waals surface area contributed by atoms with E-state index >= 15 is 0 Å². The van der Waals surface area contributed by atoms with Crippen LogP contribution in [0.3, 0.4) is 0 Å². The predicted molar refractivity (Wildman–Crippen MR) is 85.7 cm³/mol. The third kappa shape index (κ3) is 3.18. The second-order valence-corrected chi connectivity index (χ2v) is 6.20. The van der Waals surface area contributed by atoms with Gasteiger partial charge in [0.25, 0.3) is 0 Å². The summed E-state index contributed by atoms with van der Waals surface area (Å²) < 4.78 is 15.9. The average Bonchev–Trinajstić information content (AvgIpc) is 2.77. The molecule has 5 heteroatoms. The highest BCUT2D eigenvalue weighted by atomic mass is 19.1.